The number of fused-ring (bicyclic) bond motifs is 2. The third-order valence-corrected chi connectivity index (χ3v) is 12.2. The number of H-pyrrole nitrogens is 1. The fourth-order valence-electron chi connectivity index (χ4n) is 9.02. The second-order valence-electron chi connectivity index (χ2n) is 15.9. The fraction of sp³-hybridized carbons (Fsp3) is 0.341. The van der Waals surface area contributed by atoms with E-state index in [9.17, 15) is 24.0 Å². The van der Waals surface area contributed by atoms with Crippen molar-refractivity contribution >= 4 is 46.4 Å². The summed E-state index contributed by atoms with van der Waals surface area (Å²) in [7, 11) is 3.51. The number of amides is 5. The number of nitrogens with zero attached hydrogens (tertiary/aromatic N) is 6. The molecule has 3 aromatic carbocycles. The van der Waals surface area contributed by atoms with Gasteiger partial charge in [0.15, 0.2) is 5.65 Å². The van der Waals surface area contributed by atoms with Gasteiger partial charge in [-0.1, -0.05) is 36.4 Å². The Hall–Kier alpha value is -6.21. The van der Waals surface area contributed by atoms with Crippen molar-refractivity contribution in [2.45, 2.75) is 57.0 Å². The molecular weight excluding hydrogens is 721 g/mol. The third kappa shape index (κ3) is 6.55. The molecule has 4 aliphatic heterocycles. The second-order valence-corrected chi connectivity index (χ2v) is 15.9. The number of likely N-dealkylation sites (tertiary alicyclic amines) is 1. The molecule has 2 atom stereocenters. The molecule has 290 valence electrons. The number of aryl methyl sites for hydroxylation is 1. The molecule has 3 saturated heterocycles. The minimum atomic E-state index is -0.971. The minimum Gasteiger partial charge on any atom is -0.370 e. The molecule has 2 aromatic heterocycles. The van der Waals surface area contributed by atoms with E-state index >= 15 is 0 Å². The topological polar surface area (TPSA) is 152 Å². The molecule has 0 aliphatic carbocycles. The Balaban J connectivity index is 0.822. The zero-order valence-electron chi connectivity index (χ0n) is 32.2. The standard InChI is InChI=1S/C44H44N8O5/c1-25-20-29(8-10-32(25)42(55)49(2)3)35-22-45-40-39(35)47-36(23-46-40)28-6-4-26(5-7-28)27-14-17-50(18-15-27)31-16-19-51(24-31)30-9-11-33-34(21-30)44(57)52(43(33)56)37-12-13-38(53)48-41(37)54/h4-11,20-23,27,31,37H,12-19,24H2,1-3H3,(H,45,46)(H,48,53,54). The number of carbonyl (C=O) groups excluding carboxylic acids is 5. The average Bonchev–Trinajstić information content (AvgIpc) is 3.94. The Labute approximate surface area is 330 Å². The Morgan fingerprint density at radius 2 is 1.58 bits per heavy atom. The number of piperidine rings is 2. The Morgan fingerprint density at radius 1 is 0.825 bits per heavy atom. The van der Waals surface area contributed by atoms with E-state index < -0.39 is 23.8 Å². The van der Waals surface area contributed by atoms with Gasteiger partial charge in [0.1, 0.15) is 11.6 Å². The van der Waals surface area contributed by atoms with Crippen LogP contribution in [0.25, 0.3) is 33.5 Å². The van der Waals surface area contributed by atoms with Crippen molar-refractivity contribution in [2.75, 3.05) is 45.2 Å². The van der Waals surface area contributed by atoms with E-state index in [0.29, 0.717) is 34.3 Å². The van der Waals surface area contributed by atoms with E-state index in [4.69, 9.17) is 4.98 Å². The van der Waals surface area contributed by atoms with E-state index in [0.717, 1.165) is 89.5 Å². The van der Waals surface area contributed by atoms with Crippen molar-refractivity contribution in [3.05, 3.63) is 101 Å². The summed E-state index contributed by atoms with van der Waals surface area (Å²) in [6.45, 7) is 5.66. The summed E-state index contributed by atoms with van der Waals surface area (Å²) in [6, 6.07) is 19.4. The number of rotatable bonds is 7. The largest absolute Gasteiger partial charge is 0.370 e. The first-order valence-electron chi connectivity index (χ1n) is 19.7. The smallest absolute Gasteiger partial charge is 0.262 e. The number of hydrogen-bond donors (Lipinski definition) is 2. The summed E-state index contributed by atoms with van der Waals surface area (Å²) in [4.78, 5) is 83.7. The van der Waals surface area contributed by atoms with E-state index in [1.54, 1.807) is 37.3 Å². The van der Waals surface area contributed by atoms with Gasteiger partial charge in [-0.15, -0.1) is 0 Å². The molecule has 5 amide bonds. The van der Waals surface area contributed by atoms with Gasteiger partial charge in [-0.25, -0.2) is 9.97 Å². The van der Waals surface area contributed by atoms with Crippen molar-refractivity contribution in [1.29, 1.82) is 0 Å². The number of hydrogen-bond acceptors (Lipinski definition) is 9. The molecule has 3 fully saturated rings. The lowest BCUT2D eigenvalue weighted by Gasteiger charge is -2.36. The first-order chi connectivity index (χ1) is 27.5. The van der Waals surface area contributed by atoms with Crippen molar-refractivity contribution in [2.24, 2.45) is 0 Å². The number of aromatic nitrogens is 3. The molecule has 9 rings (SSSR count). The molecule has 4 aliphatic rings. The first kappa shape index (κ1) is 36.4. The van der Waals surface area contributed by atoms with E-state index in [1.165, 1.54) is 5.56 Å². The van der Waals surface area contributed by atoms with Gasteiger partial charge in [0.05, 0.1) is 23.0 Å². The molecule has 5 aromatic rings. The minimum absolute atomic E-state index is 0.0212. The number of imide groups is 2. The fourth-order valence-corrected chi connectivity index (χ4v) is 9.02. The lowest BCUT2D eigenvalue weighted by molar-refractivity contribution is -0.136. The van der Waals surface area contributed by atoms with Gasteiger partial charge in [0, 0.05) is 68.2 Å². The first-order valence-corrected chi connectivity index (χ1v) is 19.7. The normalized spacial score (nSPS) is 20.4. The number of nitrogens with one attached hydrogen (secondary N) is 2. The van der Waals surface area contributed by atoms with Crippen LogP contribution in [0.2, 0.25) is 0 Å². The predicted octanol–water partition coefficient (Wildman–Crippen LogP) is 5.16. The molecule has 2 N–H and O–H groups in total. The Bertz CT molecular complexity index is 2470. The third-order valence-electron chi connectivity index (χ3n) is 12.2. The summed E-state index contributed by atoms with van der Waals surface area (Å²) in [5.74, 6) is -1.50. The molecule has 0 spiro atoms. The van der Waals surface area contributed by atoms with Gasteiger partial charge in [0.25, 0.3) is 17.7 Å². The van der Waals surface area contributed by atoms with Crippen molar-refractivity contribution in [3.63, 3.8) is 0 Å². The second kappa shape index (κ2) is 14.4. The molecule has 57 heavy (non-hydrogen) atoms. The van der Waals surface area contributed by atoms with Crippen molar-refractivity contribution < 1.29 is 24.0 Å². The molecule has 0 bridgehead atoms. The lowest BCUT2D eigenvalue weighted by atomic mass is 9.88. The number of carbonyl (C=O) groups is 5. The highest BCUT2D eigenvalue weighted by atomic mass is 16.2. The Kier molecular flexibility index (Phi) is 9.19. The van der Waals surface area contributed by atoms with E-state index in [2.05, 4.69) is 49.4 Å². The van der Waals surface area contributed by atoms with Gasteiger partial charge in [-0.3, -0.25) is 39.1 Å². The highest BCUT2D eigenvalue weighted by Gasteiger charge is 2.45. The van der Waals surface area contributed by atoms with Gasteiger partial charge >= 0.3 is 0 Å². The molecular formula is C44H44N8O5. The summed E-state index contributed by atoms with van der Waals surface area (Å²) in [6.07, 6.45) is 7.12. The summed E-state index contributed by atoms with van der Waals surface area (Å²) >= 11 is 0. The van der Waals surface area contributed by atoms with Gasteiger partial charge in [0.2, 0.25) is 11.8 Å². The summed E-state index contributed by atoms with van der Waals surface area (Å²) in [5, 5.41) is 2.25. The molecule has 13 nitrogen and oxygen atoms in total. The number of anilines is 1. The van der Waals surface area contributed by atoms with Gasteiger partial charge < -0.3 is 14.8 Å². The number of benzene rings is 3. The van der Waals surface area contributed by atoms with Crippen molar-refractivity contribution in [1.82, 2.24) is 35.0 Å². The maximum atomic E-state index is 13.4. The molecule has 0 radical (unpaired) electrons. The van der Waals surface area contributed by atoms with Crippen LogP contribution in [-0.2, 0) is 9.59 Å². The van der Waals surface area contributed by atoms with Crippen molar-refractivity contribution in [3.8, 4) is 22.4 Å². The predicted molar refractivity (Wildman–Crippen MR) is 215 cm³/mol. The number of aromatic amines is 1. The highest BCUT2D eigenvalue weighted by molar-refractivity contribution is 6.23. The van der Waals surface area contributed by atoms with Crippen LogP contribution < -0.4 is 10.2 Å². The molecule has 6 heterocycles. The molecule has 2 unspecified atom stereocenters. The maximum Gasteiger partial charge on any atom is 0.262 e. The highest BCUT2D eigenvalue weighted by Crippen LogP contribution is 2.36. The average molecular weight is 765 g/mol. The maximum absolute atomic E-state index is 13.4. The van der Waals surface area contributed by atoms with Crippen LogP contribution in [0.1, 0.15) is 80.2 Å². The lowest BCUT2D eigenvalue weighted by Crippen LogP contribution is -2.54. The quantitative estimate of drug-likeness (QED) is 0.214. The van der Waals surface area contributed by atoms with Crippen LogP contribution in [0.4, 0.5) is 5.69 Å². The van der Waals surface area contributed by atoms with Crippen LogP contribution in [0.3, 0.4) is 0 Å². The van der Waals surface area contributed by atoms with Gasteiger partial charge in [-0.2, -0.15) is 0 Å². The van der Waals surface area contributed by atoms with Gasteiger partial charge in [-0.05, 0) is 92.6 Å². The van der Waals surface area contributed by atoms with E-state index in [-0.39, 0.29) is 24.7 Å². The SMILES string of the molecule is Cc1cc(-c2c[nH]c3ncc(-c4ccc(C5CCN(C6CCN(c7ccc8c(c7)C(=O)N(C7CCC(=O)NC7=O)C8=O)C6)CC5)cc4)nc23)ccc1C(=O)N(C)C. The molecule has 13 heteroatoms. The van der Waals surface area contributed by atoms with Crippen LogP contribution in [0.15, 0.2) is 73.1 Å². The van der Waals surface area contributed by atoms with Crippen LogP contribution in [0.5, 0.6) is 0 Å². The zero-order valence-corrected chi connectivity index (χ0v) is 32.2. The Morgan fingerprint density at radius 3 is 2.32 bits per heavy atom. The monoisotopic (exact) mass is 764 g/mol. The summed E-state index contributed by atoms with van der Waals surface area (Å²) in [5.41, 5.74) is 9.67. The molecule has 0 saturated carbocycles. The van der Waals surface area contributed by atoms with Crippen LogP contribution in [-0.4, -0.2) is 112 Å². The zero-order chi connectivity index (χ0) is 39.5. The summed E-state index contributed by atoms with van der Waals surface area (Å²) < 4.78 is 0. The van der Waals surface area contributed by atoms with E-state index in [1.807, 2.05) is 37.4 Å². The van der Waals surface area contributed by atoms with Crippen LogP contribution >= 0.6 is 0 Å². The van der Waals surface area contributed by atoms with Crippen LogP contribution in [0, 0.1) is 6.92 Å².